The van der Waals surface area contributed by atoms with Gasteiger partial charge in [-0.25, -0.2) is 0 Å². The van der Waals surface area contributed by atoms with Crippen molar-refractivity contribution in [3.63, 3.8) is 0 Å². The van der Waals surface area contributed by atoms with E-state index in [1.807, 2.05) is 4.90 Å². The second kappa shape index (κ2) is 17.7. The number of hydrogen-bond acceptors (Lipinski definition) is 2. The van der Waals surface area contributed by atoms with E-state index in [9.17, 15) is 4.79 Å². The quantitative estimate of drug-likeness (QED) is 0.214. The summed E-state index contributed by atoms with van der Waals surface area (Å²) in [5, 5.41) is 3.27. The summed E-state index contributed by atoms with van der Waals surface area (Å²) < 4.78 is 0. The highest BCUT2D eigenvalue weighted by Gasteiger charge is 2.09. The van der Waals surface area contributed by atoms with Crippen LogP contribution in [-0.4, -0.2) is 29.0 Å². The summed E-state index contributed by atoms with van der Waals surface area (Å²) in [6, 6.07) is 0. The minimum Gasteiger partial charge on any atom is -0.342 e. The van der Waals surface area contributed by atoms with E-state index in [2.05, 4.69) is 25.4 Å². The normalized spacial score (nSPS) is 10.3. The molecule has 1 N–H and O–H groups in total. The van der Waals surface area contributed by atoms with Crippen molar-refractivity contribution < 1.29 is 4.79 Å². The first-order valence-electron chi connectivity index (χ1n) is 9.96. The zero-order chi connectivity index (χ0) is 18.8. The number of nitrogens with zero attached hydrogens (tertiary/aromatic N) is 1. The van der Waals surface area contributed by atoms with Crippen LogP contribution in [0.4, 0.5) is 0 Å². The Morgan fingerprint density at radius 1 is 0.880 bits per heavy atom. The van der Waals surface area contributed by atoms with Gasteiger partial charge < -0.3 is 10.2 Å². The Kier molecular flexibility index (Phi) is 16.8. The van der Waals surface area contributed by atoms with Crippen LogP contribution in [0.3, 0.4) is 0 Å². The van der Waals surface area contributed by atoms with Crippen LogP contribution in [0.5, 0.6) is 0 Å². The highest BCUT2D eigenvalue weighted by atomic mass is 32.1. The number of thiocarbonyl (C=S) groups is 1. The maximum atomic E-state index is 11.9. The minimum atomic E-state index is 0.0130. The predicted octanol–water partition coefficient (Wildman–Crippen LogP) is 5.76. The van der Waals surface area contributed by atoms with Gasteiger partial charge in [0.2, 0.25) is 5.91 Å². The van der Waals surface area contributed by atoms with Gasteiger partial charge in [0.05, 0.1) is 0 Å². The van der Waals surface area contributed by atoms with Crippen molar-refractivity contribution in [1.82, 2.24) is 10.2 Å². The van der Waals surface area contributed by atoms with Crippen LogP contribution in [0.2, 0.25) is 0 Å². The zero-order valence-corrected chi connectivity index (χ0v) is 17.0. The van der Waals surface area contributed by atoms with E-state index in [-0.39, 0.29) is 5.91 Å². The third kappa shape index (κ3) is 14.9. The van der Waals surface area contributed by atoms with Crippen LogP contribution < -0.4 is 5.32 Å². The Labute approximate surface area is 160 Å². The molecule has 0 saturated heterocycles. The van der Waals surface area contributed by atoms with Gasteiger partial charge in [0.25, 0.3) is 0 Å². The molecule has 144 valence electrons. The molecule has 1 amide bonds. The lowest BCUT2D eigenvalue weighted by Gasteiger charge is -2.22. The maximum Gasteiger partial charge on any atom is 0.226 e. The lowest BCUT2D eigenvalue weighted by atomic mass is 10.1. The van der Waals surface area contributed by atoms with Crippen LogP contribution in [0.25, 0.3) is 0 Å². The fraction of sp³-hybridized carbons (Fsp3) is 0.714. The van der Waals surface area contributed by atoms with E-state index >= 15 is 0 Å². The molecule has 0 aromatic heterocycles. The second-order valence-corrected chi connectivity index (χ2v) is 7.01. The van der Waals surface area contributed by atoms with Crippen molar-refractivity contribution in [2.75, 3.05) is 13.1 Å². The van der Waals surface area contributed by atoms with Crippen molar-refractivity contribution in [3.05, 3.63) is 25.3 Å². The van der Waals surface area contributed by atoms with E-state index in [0.717, 1.165) is 12.8 Å². The van der Waals surface area contributed by atoms with Gasteiger partial charge in [0.1, 0.15) is 0 Å². The Hall–Kier alpha value is -1.16. The Morgan fingerprint density at radius 3 is 1.76 bits per heavy atom. The average molecular weight is 367 g/mol. The molecule has 4 heteroatoms. The first kappa shape index (κ1) is 23.8. The second-order valence-electron chi connectivity index (χ2n) is 6.62. The molecule has 0 aromatic carbocycles. The van der Waals surface area contributed by atoms with E-state index < -0.39 is 0 Å². The summed E-state index contributed by atoms with van der Waals surface area (Å²) in [6.45, 7) is 10.9. The topological polar surface area (TPSA) is 32.3 Å². The standard InChI is InChI=1S/C21H38N2OS/c1-4-7-8-9-10-11-12-13-14-15-16-17-20(24)22-21(25)23(18-5-2)19-6-3/h5-6H,2-4,7-19H2,1H3,(H,22,24,25). The van der Waals surface area contributed by atoms with Crippen molar-refractivity contribution >= 4 is 23.2 Å². The van der Waals surface area contributed by atoms with E-state index in [1.165, 1.54) is 57.8 Å². The van der Waals surface area contributed by atoms with Crippen LogP contribution in [-0.2, 0) is 4.79 Å². The van der Waals surface area contributed by atoms with Crippen molar-refractivity contribution in [2.24, 2.45) is 0 Å². The summed E-state index contributed by atoms with van der Waals surface area (Å²) in [7, 11) is 0. The molecule has 0 rings (SSSR count). The molecule has 0 aliphatic heterocycles. The fourth-order valence-electron chi connectivity index (χ4n) is 2.76. The summed E-state index contributed by atoms with van der Waals surface area (Å²) in [5.74, 6) is 0.0130. The van der Waals surface area contributed by atoms with Crippen molar-refractivity contribution in [2.45, 2.75) is 84.0 Å². The first-order valence-corrected chi connectivity index (χ1v) is 10.4. The lowest BCUT2D eigenvalue weighted by Crippen LogP contribution is -2.42. The molecule has 0 heterocycles. The van der Waals surface area contributed by atoms with Gasteiger partial charge in [-0.15, -0.1) is 13.2 Å². The number of hydrogen-bond donors (Lipinski definition) is 1. The van der Waals surface area contributed by atoms with E-state index in [1.54, 1.807) is 12.2 Å². The molecule has 0 unspecified atom stereocenters. The summed E-state index contributed by atoms with van der Waals surface area (Å²) in [6.07, 6.45) is 18.2. The largest absolute Gasteiger partial charge is 0.342 e. The highest BCUT2D eigenvalue weighted by molar-refractivity contribution is 7.80. The van der Waals surface area contributed by atoms with Gasteiger partial charge in [0.15, 0.2) is 5.11 Å². The number of rotatable bonds is 16. The summed E-state index contributed by atoms with van der Waals surface area (Å²) in [4.78, 5) is 13.8. The third-order valence-corrected chi connectivity index (χ3v) is 4.60. The molecular weight excluding hydrogens is 328 g/mol. The number of carbonyl (C=O) groups excluding carboxylic acids is 1. The molecule has 3 nitrogen and oxygen atoms in total. The molecule has 0 spiro atoms. The number of amides is 1. The first-order chi connectivity index (χ1) is 12.2. The lowest BCUT2D eigenvalue weighted by molar-refractivity contribution is -0.119. The molecule has 25 heavy (non-hydrogen) atoms. The Balaban J connectivity index is 3.58. The number of nitrogens with one attached hydrogen (secondary N) is 1. The average Bonchev–Trinajstić information content (AvgIpc) is 2.59. The number of unbranched alkanes of at least 4 members (excludes halogenated alkanes) is 10. The Bertz CT molecular complexity index is 372. The molecule has 0 atom stereocenters. The van der Waals surface area contributed by atoms with E-state index in [4.69, 9.17) is 12.2 Å². The summed E-state index contributed by atoms with van der Waals surface area (Å²) >= 11 is 5.27. The highest BCUT2D eigenvalue weighted by Crippen LogP contribution is 2.11. The molecule has 0 radical (unpaired) electrons. The van der Waals surface area contributed by atoms with Crippen LogP contribution in [0.15, 0.2) is 25.3 Å². The van der Waals surface area contributed by atoms with Crippen molar-refractivity contribution in [1.29, 1.82) is 0 Å². The van der Waals surface area contributed by atoms with Gasteiger partial charge in [-0.2, -0.15) is 0 Å². The molecule has 0 aromatic rings. The van der Waals surface area contributed by atoms with E-state index in [0.29, 0.717) is 24.6 Å². The van der Waals surface area contributed by atoms with Gasteiger partial charge in [-0.3, -0.25) is 4.79 Å². The molecule has 0 bridgehead atoms. The van der Waals surface area contributed by atoms with Gasteiger partial charge in [-0.05, 0) is 18.6 Å². The van der Waals surface area contributed by atoms with Gasteiger partial charge in [-0.1, -0.05) is 83.3 Å². The van der Waals surface area contributed by atoms with Gasteiger partial charge in [0, 0.05) is 19.5 Å². The number of carbonyl (C=O) groups is 1. The van der Waals surface area contributed by atoms with Gasteiger partial charge >= 0.3 is 0 Å². The predicted molar refractivity (Wildman–Crippen MR) is 114 cm³/mol. The smallest absolute Gasteiger partial charge is 0.226 e. The molecule has 0 saturated carbocycles. The summed E-state index contributed by atoms with van der Waals surface area (Å²) in [5.41, 5.74) is 0. The fourth-order valence-corrected chi connectivity index (χ4v) is 3.03. The maximum absolute atomic E-state index is 11.9. The molecule has 0 fully saturated rings. The van der Waals surface area contributed by atoms with Crippen LogP contribution in [0, 0.1) is 0 Å². The van der Waals surface area contributed by atoms with Crippen molar-refractivity contribution in [3.8, 4) is 0 Å². The Morgan fingerprint density at radius 2 is 1.32 bits per heavy atom. The van der Waals surface area contributed by atoms with Crippen LogP contribution >= 0.6 is 12.2 Å². The molecule has 0 aliphatic carbocycles. The minimum absolute atomic E-state index is 0.0130. The third-order valence-electron chi connectivity index (χ3n) is 4.24. The molecular formula is C21H38N2OS. The SMILES string of the molecule is C=CCN(CC=C)C(=S)NC(=O)CCCCCCCCCCCCC. The van der Waals surface area contributed by atoms with Crippen LogP contribution in [0.1, 0.15) is 84.0 Å². The molecule has 0 aliphatic rings. The zero-order valence-electron chi connectivity index (χ0n) is 16.2. The monoisotopic (exact) mass is 366 g/mol.